The van der Waals surface area contributed by atoms with Crippen molar-refractivity contribution in [2.45, 2.75) is 25.9 Å². The normalized spacial score (nSPS) is 18.3. The number of nitrogens with zero attached hydrogens (tertiary/aromatic N) is 4. The van der Waals surface area contributed by atoms with Crippen LogP contribution in [0, 0.1) is 18.6 Å². The molecular weight excluding hydrogens is 298 g/mol. The Morgan fingerprint density at radius 2 is 2.00 bits per heavy atom. The monoisotopic (exact) mass is 318 g/mol. The van der Waals surface area contributed by atoms with Crippen LogP contribution in [0.5, 0.6) is 0 Å². The molecule has 4 nitrogen and oxygen atoms in total. The minimum atomic E-state index is -0.478. The predicted octanol–water partition coefficient (Wildman–Crippen LogP) is 2.77. The molecule has 1 aromatic heterocycles. The molecule has 0 N–H and O–H groups in total. The molecule has 2 aromatic rings. The van der Waals surface area contributed by atoms with E-state index in [4.69, 9.17) is 0 Å². The van der Waals surface area contributed by atoms with Crippen LogP contribution in [0.1, 0.15) is 17.7 Å². The first kappa shape index (κ1) is 15.8. The second-order valence-corrected chi connectivity index (χ2v) is 6.01. The van der Waals surface area contributed by atoms with Gasteiger partial charge >= 0.3 is 0 Å². The molecule has 1 atom stereocenters. The molecule has 23 heavy (non-hydrogen) atoms. The maximum Gasteiger partial charge on any atom is 0.132 e. The summed E-state index contributed by atoms with van der Waals surface area (Å²) in [7, 11) is 2.00. The van der Waals surface area contributed by atoms with E-state index in [1.54, 1.807) is 6.33 Å². The van der Waals surface area contributed by atoms with Crippen molar-refractivity contribution in [1.29, 1.82) is 0 Å². The van der Waals surface area contributed by atoms with Gasteiger partial charge in [0.15, 0.2) is 0 Å². The highest BCUT2D eigenvalue weighted by Gasteiger charge is 2.27. The fourth-order valence-corrected chi connectivity index (χ4v) is 3.00. The fourth-order valence-electron chi connectivity index (χ4n) is 3.00. The van der Waals surface area contributed by atoms with Gasteiger partial charge in [0.1, 0.15) is 23.8 Å². The van der Waals surface area contributed by atoms with Crippen molar-refractivity contribution in [1.82, 2.24) is 14.9 Å². The Hall–Kier alpha value is -2.08. The molecule has 0 radical (unpaired) electrons. The summed E-state index contributed by atoms with van der Waals surface area (Å²) in [6.07, 6.45) is 2.50. The van der Waals surface area contributed by atoms with Crippen molar-refractivity contribution >= 4 is 5.82 Å². The number of hydrogen-bond acceptors (Lipinski definition) is 4. The molecule has 3 rings (SSSR count). The Bertz CT molecular complexity index is 672. The van der Waals surface area contributed by atoms with Gasteiger partial charge in [-0.25, -0.2) is 18.7 Å². The highest BCUT2D eigenvalue weighted by molar-refractivity contribution is 5.39. The predicted molar refractivity (Wildman–Crippen MR) is 85.2 cm³/mol. The summed E-state index contributed by atoms with van der Waals surface area (Å²) in [5, 5.41) is 0. The molecular formula is C17H20F2N4. The molecule has 1 aliphatic rings. The van der Waals surface area contributed by atoms with Crippen molar-refractivity contribution < 1.29 is 8.78 Å². The standard InChI is InChI=1S/C17H20F2N4/c1-12-8-17(21-11-20-12)22(2)13-6-7-23(9-13)10-14-15(18)4-3-5-16(14)19/h3-5,8,11,13H,6-7,9-10H2,1-2H3. The first-order valence-electron chi connectivity index (χ1n) is 7.71. The summed E-state index contributed by atoms with van der Waals surface area (Å²) >= 11 is 0. The zero-order valence-corrected chi connectivity index (χ0v) is 13.3. The number of anilines is 1. The number of benzene rings is 1. The Morgan fingerprint density at radius 1 is 1.26 bits per heavy atom. The molecule has 1 unspecified atom stereocenters. The minimum Gasteiger partial charge on any atom is -0.355 e. The van der Waals surface area contributed by atoms with E-state index in [9.17, 15) is 8.78 Å². The van der Waals surface area contributed by atoms with Crippen molar-refractivity contribution in [2.24, 2.45) is 0 Å². The summed E-state index contributed by atoms with van der Waals surface area (Å²) in [5.41, 5.74) is 1.07. The third-order valence-corrected chi connectivity index (χ3v) is 4.39. The van der Waals surface area contributed by atoms with E-state index in [0.717, 1.165) is 31.0 Å². The molecule has 1 aliphatic heterocycles. The molecule has 1 fully saturated rings. The van der Waals surface area contributed by atoms with E-state index in [-0.39, 0.29) is 11.6 Å². The zero-order valence-electron chi connectivity index (χ0n) is 13.3. The number of halogens is 2. The van der Waals surface area contributed by atoms with Gasteiger partial charge < -0.3 is 4.90 Å². The second-order valence-electron chi connectivity index (χ2n) is 6.01. The lowest BCUT2D eigenvalue weighted by Crippen LogP contribution is -2.35. The van der Waals surface area contributed by atoms with E-state index in [0.29, 0.717) is 6.54 Å². The van der Waals surface area contributed by atoms with Gasteiger partial charge in [-0.1, -0.05) is 6.07 Å². The third-order valence-electron chi connectivity index (χ3n) is 4.39. The van der Waals surface area contributed by atoms with Crippen LogP contribution in [0.25, 0.3) is 0 Å². The summed E-state index contributed by atoms with van der Waals surface area (Å²) in [6, 6.07) is 6.23. The molecule has 1 saturated heterocycles. The van der Waals surface area contributed by atoms with Gasteiger partial charge in [-0.3, -0.25) is 4.90 Å². The van der Waals surface area contributed by atoms with Crippen LogP contribution in [0.2, 0.25) is 0 Å². The SMILES string of the molecule is Cc1cc(N(C)C2CCN(Cc3c(F)cccc3F)C2)ncn1. The number of hydrogen-bond donors (Lipinski definition) is 0. The molecule has 0 aliphatic carbocycles. The molecule has 122 valence electrons. The largest absolute Gasteiger partial charge is 0.355 e. The Balaban J connectivity index is 1.67. The third kappa shape index (κ3) is 3.47. The van der Waals surface area contributed by atoms with Crippen LogP contribution in [0.4, 0.5) is 14.6 Å². The maximum absolute atomic E-state index is 13.8. The summed E-state index contributed by atoms with van der Waals surface area (Å²) in [5.74, 6) is -0.0807. The number of rotatable bonds is 4. The molecule has 6 heteroatoms. The van der Waals surface area contributed by atoms with Gasteiger partial charge in [0.25, 0.3) is 0 Å². The van der Waals surface area contributed by atoms with Crippen LogP contribution in [-0.4, -0.2) is 41.0 Å². The first-order valence-corrected chi connectivity index (χ1v) is 7.71. The molecule has 0 amide bonds. The Morgan fingerprint density at radius 3 is 2.70 bits per heavy atom. The fraction of sp³-hybridized carbons (Fsp3) is 0.412. The number of likely N-dealkylation sites (N-methyl/N-ethyl adjacent to an activating group) is 1. The van der Waals surface area contributed by atoms with Crippen molar-refractivity contribution in [3.8, 4) is 0 Å². The van der Waals surface area contributed by atoms with E-state index in [1.165, 1.54) is 18.2 Å². The van der Waals surface area contributed by atoms with Crippen LogP contribution < -0.4 is 4.90 Å². The Kier molecular flexibility index (Phi) is 4.52. The smallest absolute Gasteiger partial charge is 0.132 e. The van der Waals surface area contributed by atoms with Gasteiger partial charge in [0, 0.05) is 50.0 Å². The van der Waals surface area contributed by atoms with Gasteiger partial charge in [-0.15, -0.1) is 0 Å². The summed E-state index contributed by atoms with van der Waals surface area (Å²) < 4.78 is 27.5. The van der Waals surface area contributed by atoms with E-state index >= 15 is 0 Å². The van der Waals surface area contributed by atoms with Crippen LogP contribution in [0.15, 0.2) is 30.6 Å². The van der Waals surface area contributed by atoms with Crippen LogP contribution in [-0.2, 0) is 6.54 Å². The van der Waals surface area contributed by atoms with E-state index < -0.39 is 11.6 Å². The first-order chi connectivity index (χ1) is 11.0. The van der Waals surface area contributed by atoms with Gasteiger partial charge in [-0.05, 0) is 25.5 Å². The van der Waals surface area contributed by atoms with Crippen LogP contribution >= 0.6 is 0 Å². The number of aromatic nitrogens is 2. The van der Waals surface area contributed by atoms with Crippen LogP contribution in [0.3, 0.4) is 0 Å². The van der Waals surface area contributed by atoms with Gasteiger partial charge in [0.2, 0.25) is 0 Å². The lowest BCUT2D eigenvalue weighted by Gasteiger charge is -2.26. The zero-order chi connectivity index (χ0) is 16.4. The Labute approximate surface area is 134 Å². The molecule has 0 saturated carbocycles. The highest BCUT2D eigenvalue weighted by atomic mass is 19.1. The van der Waals surface area contributed by atoms with E-state index in [1.807, 2.05) is 20.0 Å². The average molecular weight is 318 g/mol. The molecule has 1 aromatic carbocycles. The van der Waals surface area contributed by atoms with E-state index in [2.05, 4.69) is 19.8 Å². The summed E-state index contributed by atoms with van der Waals surface area (Å²) in [4.78, 5) is 12.6. The van der Waals surface area contributed by atoms with Crippen molar-refractivity contribution in [3.63, 3.8) is 0 Å². The van der Waals surface area contributed by atoms with Crippen molar-refractivity contribution in [2.75, 3.05) is 25.0 Å². The molecule has 0 spiro atoms. The maximum atomic E-state index is 13.8. The van der Waals surface area contributed by atoms with Gasteiger partial charge in [-0.2, -0.15) is 0 Å². The van der Waals surface area contributed by atoms with Gasteiger partial charge in [0.05, 0.1) is 0 Å². The minimum absolute atomic E-state index is 0.147. The summed E-state index contributed by atoms with van der Waals surface area (Å²) in [6.45, 7) is 3.80. The second kappa shape index (κ2) is 6.58. The quantitative estimate of drug-likeness (QED) is 0.868. The highest BCUT2D eigenvalue weighted by Crippen LogP contribution is 2.23. The number of likely N-dealkylation sites (tertiary alicyclic amines) is 1. The molecule has 2 heterocycles. The van der Waals surface area contributed by atoms with Crippen molar-refractivity contribution in [3.05, 3.63) is 53.5 Å². The average Bonchev–Trinajstić information content (AvgIpc) is 2.99. The number of aryl methyl sites for hydroxylation is 1. The topological polar surface area (TPSA) is 32.3 Å². The lowest BCUT2D eigenvalue weighted by molar-refractivity contribution is 0.313. The lowest BCUT2D eigenvalue weighted by atomic mass is 10.2. The molecule has 0 bridgehead atoms.